The number of halogens is 4. The SMILES string of the molecule is COC(=O)CCC(OC)(OC)c1cc(Br)ccc1Br.COC(CCC(C)=O)(OC)c1cc(Br)ccc1Br. The lowest BCUT2D eigenvalue weighted by molar-refractivity contribution is -0.222. The van der Waals surface area contributed by atoms with Crippen molar-refractivity contribution in [1.29, 1.82) is 0 Å². The minimum absolute atomic E-state index is 0.111. The molecule has 7 nitrogen and oxygen atoms in total. The molecule has 0 saturated heterocycles. The van der Waals surface area contributed by atoms with Gasteiger partial charge in [0.25, 0.3) is 0 Å². The van der Waals surface area contributed by atoms with E-state index in [1.165, 1.54) is 7.11 Å². The highest BCUT2D eigenvalue weighted by molar-refractivity contribution is 9.11. The molecule has 0 amide bonds. The Hall–Kier alpha value is -0.660. The van der Waals surface area contributed by atoms with E-state index in [1.807, 2.05) is 36.4 Å². The van der Waals surface area contributed by atoms with Crippen LogP contribution < -0.4 is 0 Å². The van der Waals surface area contributed by atoms with Crippen LogP contribution in [0.3, 0.4) is 0 Å². The molecule has 0 atom stereocenters. The minimum Gasteiger partial charge on any atom is -0.469 e. The van der Waals surface area contributed by atoms with Crippen molar-refractivity contribution in [3.63, 3.8) is 0 Å². The van der Waals surface area contributed by atoms with E-state index >= 15 is 0 Å². The molecule has 37 heavy (non-hydrogen) atoms. The van der Waals surface area contributed by atoms with Gasteiger partial charge < -0.3 is 28.5 Å². The standard InChI is InChI=1S/C13H16Br2O4.C13H16Br2O3/c1-17-12(16)6-7-13(18-2,19-3)10-8-9(14)4-5-11(10)15;1-9(16)6-7-13(17-2,18-3)11-8-10(14)4-5-12(11)15/h4-5,8H,6-7H2,1-3H3;4-5,8H,6-7H2,1-3H3. The molecule has 0 aliphatic carbocycles. The smallest absolute Gasteiger partial charge is 0.305 e. The summed E-state index contributed by atoms with van der Waals surface area (Å²) in [5, 5.41) is 0. The first-order valence-corrected chi connectivity index (χ1v) is 14.3. The number of carbonyl (C=O) groups excluding carboxylic acids is 2. The van der Waals surface area contributed by atoms with Gasteiger partial charge in [0.05, 0.1) is 13.5 Å². The summed E-state index contributed by atoms with van der Waals surface area (Å²) < 4.78 is 30.3. The number of hydrogen-bond donors (Lipinski definition) is 0. The number of esters is 1. The fraction of sp³-hybridized carbons (Fsp3) is 0.462. The van der Waals surface area contributed by atoms with Gasteiger partial charge >= 0.3 is 5.97 Å². The summed E-state index contributed by atoms with van der Waals surface area (Å²) >= 11 is 13.8. The first kappa shape index (κ1) is 34.4. The van der Waals surface area contributed by atoms with Gasteiger partial charge in [-0.1, -0.05) is 63.7 Å². The largest absolute Gasteiger partial charge is 0.469 e. The maximum absolute atomic E-state index is 11.3. The number of ether oxygens (including phenoxy) is 5. The molecule has 0 aliphatic rings. The molecule has 0 N–H and O–H groups in total. The fourth-order valence-electron chi connectivity index (χ4n) is 3.57. The Morgan fingerprint density at radius 2 is 1.05 bits per heavy atom. The Kier molecular flexibility index (Phi) is 15.3. The summed E-state index contributed by atoms with van der Waals surface area (Å²) in [6, 6.07) is 11.5. The van der Waals surface area contributed by atoms with Gasteiger partial charge in [-0.05, 0) is 43.3 Å². The number of benzene rings is 2. The van der Waals surface area contributed by atoms with Crippen LogP contribution in [0.25, 0.3) is 0 Å². The van der Waals surface area contributed by atoms with Crippen LogP contribution in [0.4, 0.5) is 0 Å². The molecule has 0 radical (unpaired) electrons. The van der Waals surface area contributed by atoms with Gasteiger partial charge in [-0.25, -0.2) is 0 Å². The quantitative estimate of drug-likeness (QED) is 0.162. The van der Waals surface area contributed by atoms with Gasteiger partial charge in [-0.3, -0.25) is 4.79 Å². The number of methoxy groups -OCH3 is 5. The zero-order chi connectivity index (χ0) is 28.2. The molecule has 206 valence electrons. The van der Waals surface area contributed by atoms with Gasteiger partial charge in [0, 0.05) is 76.7 Å². The zero-order valence-corrected chi connectivity index (χ0v) is 28.0. The highest BCUT2D eigenvalue weighted by atomic mass is 79.9. The van der Waals surface area contributed by atoms with Crippen molar-refractivity contribution >= 4 is 75.5 Å². The van der Waals surface area contributed by atoms with E-state index in [0.717, 1.165) is 29.0 Å². The van der Waals surface area contributed by atoms with Crippen molar-refractivity contribution in [1.82, 2.24) is 0 Å². The lowest BCUT2D eigenvalue weighted by Gasteiger charge is -2.32. The van der Waals surface area contributed by atoms with E-state index in [9.17, 15) is 9.59 Å². The third kappa shape index (κ3) is 9.79. The predicted molar refractivity (Wildman–Crippen MR) is 156 cm³/mol. The molecule has 0 fully saturated rings. The minimum atomic E-state index is -0.989. The molecule has 0 saturated carbocycles. The number of ketones is 1. The molecule has 2 aromatic carbocycles. The second-order valence-corrected chi connectivity index (χ2v) is 11.4. The number of hydrogen-bond acceptors (Lipinski definition) is 7. The Balaban J connectivity index is 0.000000371. The van der Waals surface area contributed by atoms with Crippen molar-refractivity contribution in [3.8, 4) is 0 Å². The molecule has 11 heteroatoms. The van der Waals surface area contributed by atoms with Crippen LogP contribution in [0.2, 0.25) is 0 Å². The average Bonchev–Trinajstić information content (AvgIpc) is 2.89. The fourth-order valence-corrected chi connectivity index (χ4v) is 5.39. The van der Waals surface area contributed by atoms with E-state index < -0.39 is 11.6 Å². The molecule has 0 bridgehead atoms. The maximum atomic E-state index is 11.3. The number of rotatable bonds is 12. The van der Waals surface area contributed by atoms with E-state index in [-0.39, 0.29) is 18.2 Å². The Labute approximate surface area is 252 Å². The van der Waals surface area contributed by atoms with Crippen molar-refractivity contribution in [2.75, 3.05) is 35.5 Å². The van der Waals surface area contributed by atoms with E-state index in [0.29, 0.717) is 19.3 Å². The lowest BCUT2D eigenvalue weighted by Crippen LogP contribution is -2.32. The van der Waals surface area contributed by atoms with Crippen LogP contribution in [0.5, 0.6) is 0 Å². The van der Waals surface area contributed by atoms with Gasteiger partial charge in [-0.15, -0.1) is 0 Å². The van der Waals surface area contributed by atoms with Crippen molar-refractivity contribution in [3.05, 3.63) is 65.4 Å². The van der Waals surface area contributed by atoms with Crippen LogP contribution >= 0.6 is 63.7 Å². The first-order valence-electron chi connectivity index (χ1n) is 11.1. The van der Waals surface area contributed by atoms with Crippen molar-refractivity contribution < 1.29 is 33.3 Å². The lowest BCUT2D eigenvalue weighted by atomic mass is 9.99. The normalized spacial score (nSPS) is 11.5. The Bertz CT molecular complexity index is 1040. The Morgan fingerprint density at radius 1 is 0.676 bits per heavy atom. The van der Waals surface area contributed by atoms with Crippen LogP contribution in [-0.4, -0.2) is 47.3 Å². The predicted octanol–water partition coefficient (Wildman–Crippen LogP) is 7.64. The topological polar surface area (TPSA) is 80.3 Å². The van der Waals surface area contributed by atoms with Gasteiger partial charge in [0.1, 0.15) is 5.78 Å². The zero-order valence-electron chi connectivity index (χ0n) is 21.7. The summed E-state index contributed by atoms with van der Waals surface area (Å²) in [5.41, 5.74) is 1.68. The van der Waals surface area contributed by atoms with Crippen molar-refractivity contribution in [2.24, 2.45) is 0 Å². The molecule has 0 aliphatic heterocycles. The van der Waals surface area contributed by atoms with Gasteiger partial charge in [-0.2, -0.15) is 0 Å². The molecule has 0 unspecified atom stereocenters. The van der Waals surface area contributed by atoms with Crippen LogP contribution in [-0.2, 0) is 44.8 Å². The molecular weight excluding hydrogens is 744 g/mol. The third-order valence-corrected chi connectivity index (χ3v) is 8.06. The summed E-state index contributed by atoms with van der Waals surface area (Å²) in [6.45, 7) is 1.56. The summed E-state index contributed by atoms with van der Waals surface area (Å²) in [7, 11) is 7.62. The van der Waals surface area contributed by atoms with Gasteiger partial charge in [0.2, 0.25) is 0 Å². The van der Waals surface area contributed by atoms with E-state index in [1.54, 1.807) is 35.4 Å². The molecule has 0 aromatic heterocycles. The molecule has 2 aromatic rings. The van der Waals surface area contributed by atoms with Crippen LogP contribution in [0.1, 0.15) is 43.7 Å². The monoisotopic (exact) mass is 772 g/mol. The Morgan fingerprint density at radius 3 is 1.38 bits per heavy atom. The first-order chi connectivity index (χ1) is 17.4. The molecule has 0 heterocycles. The summed E-state index contributed by atoms with van der Waals surface area (Å²) in [4.78, 5) is 22.5. The van der Waals surface area contributed by atoms with Crippen LogP contribution in [0, 0.1) is 0 Å². The van der Waals surface area contributed by atoms with E-state index in [4.69, 9.17) is 18.9 Å². The number of Topliss-reactive ketones (excluding diaryl/α,β-unsaturated/α-hetero) is 1. The summed E-state index contributed by atoms with van der Waals surface area (Å²) in [6.07, 6.45) is 1.45. The summed E-state index contributed by atoms with van der Waals surface area (Å²) in [5.74, 6) is -2.09. The second-order valence-electron chi connectivity index (χ2n) is 7.85. The molecule has 2 rings (SSSR count). The highest BCUT2D eigenvalue weighted by Crippen LogP contribution is 2.38. The van der Waals surface area contributed by atoms with Crippen LogP contribution in [0.15, 0.2) is 54.3 Å². The van der Waals surface area contributed by atoms with Gasteiger partial charge in [0.15, 0.2) is 11.6 Å². The van der Waals surface area contributed by atoms with E-state index in [2.05, 4.69) is 68.5 Å². The third-order valence-electron chi connectivity index (χ3n) is 5.69. The maximum Gasteiger partial charge on any atom is 0.305 e. The second kappa shape index (κ2) is 16.4. The number of carbonyl (C=O) groups is 2. The highest BCUT2D eigenvalue weighted by Gasteiger charge is 2.35. The van der Waals surface area contributed by atoms with Crippen molar-refractivity contribution in [2.45, 2.75) is 44.2 Å². The average molecular weight is 776 g/mol. The molecule has 0 spiro atoms. The molecular formula is C26H32Br4O7.